The van der Waals surface area contributed by atoms with E-state index >= 15 is 0 Å². The predicted molar refractivity (Wildman–Crippen MR) is 91.8 cm³/mol. The van der Waals surface area contributed by atoms with Crippen molar-refractivity contribution in [2.75, 3.05) is 18.0 Å². The van der Waals surface area contributed by atoms with E-state index in [2.05, 4.69) is 23.7 Å². The van der Waals surface area contributed by atoms with Gasteiger partial charge in [0.2, 0.25) is 0 Å². The third kappa shape index (κ3) is 7.38. The molecule has 0 saturated carbocycles. The van der Waals surface area contributed by atoms with E-state index in [1.54, 1.807) is 33.8 Å². The number of aliphatic hydroxyl groups is 2. The zero-order valence-corrected chi connectivity index (χ0v) is 14.2. The van der Waals surface area contributed by atoms with Gasteiger partial charge in [-0.2, -0.15) is 0 Å². The molecule has 0 atom stereocenters. The first-order valence-corrected chi connectivity index (χ1v) is 7.40. The van der Waals surface area contributed by atoms with Crippen LogP contribution < -0.4 is 4.90 Å². The van der Waals surface area contributed by atoms with Crippen LogP contribution in [0.4, 0.5) is 5.69 Å². The number of halogens is 1. The number of hydrogen-bond acceptors (Lipinski definition) is 3. The molecular weight excluding hydrogens is 298 g/mol. The van der Waals surface area contributed by atoms with Gasteiger partial charge < -0.3 is 15.1 Å². The van der Waals surface area contributed by atoms with E-state index in [9.17, 15) is 10.2 Å². The Morgan fingerprint density at radius 1 is 0.955 bits per heavy atom. The van der Waals surface area contributed by atoms with Gasteiger partial charge in [0, 0.05) is 0 Å². The van der Waals surface area contributed by atoms with Crippen molar-refractivity contribution >= 4 is 17.3 Å². The first-order valence-electron chi connectivity index (χ1n) is 7.03. The number of rotatable bonds is 3. The molecule has 0 unspecified atom stereocenters. The van der Waals surface area contributed by atoms with Gasteiger partial charge in [0.1, 0.15) is 11.2 Å². The normalized spacial score (nSPS) is 11.0. The highest BCUT2D eigenvalue weighted by molar-refractivity contribution is 6.33. The average molecular weight is 320 g/mol. The molecule has 0 bridgehead atoms. The van der Waals surface area contributed by atoms with E-state index in [1.165, 1.54) is 0 Å². The van der Waals surface area contributed by atoms with Gasteiger partial charge >= 0.3 is 0 Å². The predicted octanol–water partition coefficient (Wildman–Crippen LogP) is 2.70. The standard InChI is InChI=1S/C18H22ClNO2/c1-17(2,21)11-7-13-20(14-8-12-18(3,4)22)16-10-6-5-9-15(16)19/h5-6,9-10,21-22H,13-14H2,1-4H3. The molecule has 118 valence electrons. The first-order chi connectivity index (χ1) is 10.1. The maximum absolute atomic E-state index is 9.66. The summed E-state index contributed by atoms with van der Waals surface area (Å²) >= 11 is 6.22. The Morgan fingerprint density at radius 3 is 1.82 bits per heavy atom. The van der Waals surface area contributed by atoms with E-state index in [0.717, 1.165) is 5.69 Å². The summed E-state index contributed by atoms with van der Waals surface area (Å²) in [6.45, 7) is 7.30. The number of hydrogen-bond donors (Lipinski definition) is 2. The smallest absolute Gasteiger partial charge is 0.120 e. The molecule has 0 heterocycles. The Bertz CT molecular complexity index is 585. The molecule has 0 saturated heterocycles. The van der Waals surface area contributed by atoms with Gasteiger partial charge in [-0.05, 0) is 39.8 Å². The van der Waals surface area contributed by atoms with Crippen molar-refractivity contribution in [2.24, 2.45) is 0 Å². The molecule has 0 aromatic heterocycles. The molecule has 3 nitrogen and oxygen atoms in total. The van der Waals surface area contributed by atoms with Crippen molar-refractivity contribution in [2.45, 2.75) is 38.9 Å². The molecule has 0 fully saturated rings. The SMILES string of the molecule is CC(C)(O)C#CCN(CC#CC(C)(C)O)c1ccccc1Cl. The van der Waals surface area contributed by atoms with Gasteiger partial charge in [0.05, 0.1) is 23.8 Å². The summed E-state index contributed by atoms with van der Waals surface area (Å²) in [5, 5.41) is 19.9. The minimum atomic E-state index is -1.04. The lowest BCUT2D eigenvalue weighted by atomic mass is 10.1. The van der Waals surface area contributed by atoms with Crippen LogP contribution in [-0.4, -0.2) is 34.5 Å². The van der Waals surface area contributed by atoms with E-state index in [4.69, 9.17) is 11.6 Å². The number of benzene rings is 1. The van der Waals surface area contributed by atoms with Crippen molar-refractivity contribution in [3.63, 3.8) is 0 Å². The van der Waals surface area contributed by atoms with Crippen LogP contribution in [0.5, 0.6) is 0 Å². The highest BCUT2D eigenvalue weighted by Crippen LogP contribution is 2.24. The largest absolute Gasteiger partial charge is 0.378 e. The number of para-hydroxylation sites is 1. The molecule has 2 N–H and O–H groups in total. The minimum absolute atomic E-state index is 0.383. The summed E-state index contributed by atoms with van der Waals surface area (Å²) in [4.78, 5) is 1.90. The second-order valence-corrected chi connectivity index (χ2v) is 6.44. The summed E-state index contributed by atoms with van der Waals surface area (Å²) in [5.41, 5.74) is -1.25. The molecule has 1 aromatic rings. The molecule has 0 aliphatic rings. The lowest BCUT2D eigenvalue weighted by Crippen LogP contribution is -2.26. The Kier molecular flexibility index (Phi) is 6.33. The van der Waals surface area contributed by atoms with Crippen LogP contribution in [0.15, 0.2) is 24.3 Å². The third-order valence-electron chi connectivity index (χ3n) is 2.52. The molecule has 0 aliphatic heterocycles. The van der Waals surface area contributed by atoms with Crippen molar-refractivity contribution in [1.29, 1.82) is 0 Å². The maximum Gasteiger partial charge on any atom is 0.120 e. The van der Waals surface area contributed by atoms with Gasteiger partial charge in [-0.1, -0.05) is 47.4 Å². The topological polar surface area (TPSA) is 43.7 Å². The van der Waals surface area contributed by atoms with Crippen molar-refractivity contribution in [1.82, 2.24) is 0 Å². The molecule has 0 radical (unpaired) electrons. The van der Waals surface area contributed by atoms with Crippen LogP contribution in [0, 0.1) is 23.7 Å². The van der Waals surface area contributed by atoms with Gasteiger partial charge in [0.25, 0.3) is 0 Å². The zero-order chi connectivity index (χ0) is 16.8. The third-order valence-corrected chi connectivity index (χ3v) is 2.84. The zero-order valence-electron chi connectivity index (χ0n) is 13.4. The van der Waals surface area contributed by atoms with Crippen LogP contribution in [0.3, 0.4) is 0 Å². The van der Waals surface area contributed by atoms with Crippen molar-refractivity contribution < 1.29 is 10.2 Å². The van der Waals surface area contributed by atoms with Crippen LogP contribution in [-0.2, 0) is 0 Å². The van der Waals surface area contributed by atoms with Crippen LogP contribution in [0.25, 0.3) is 0 Å². The van der Waals surface area contributed by atoms with Crippen molar-refractivity contribution in [3.8, 4) is 23.7 Å². The highest BCUT2D eigenvalue weighted by Gasteiger charge is 2.10. The maximum atomic E-state index is 9.66. The molecule has 0 spiro atoms. The molecular formula is C18H22ClNO2. The van der Waals surface area contributed by atoms with E-state index in [-0.39, 0.29) is 0 Å². The van der Waals surface area contributed by atoms with E-state index < -0.39 is 11.2 Å². The van der Waals surface area contributed by atoms with Gasteiger partial charge in [-0.3, -0.25) is 0 Å². The van der Waals surface area contributed by atoms with E-state index in [0.29, 0.717) is 18.1 Å². The summed E-state index contributed by atoms with van der Waals surface area (Å²) in [6, 6.07) is 7.44. The van der Waals surface area contributed by atoms with Crippen LogP contribution >= 0.6 is 11.6 Å². The molecule has 1 rings (SSSR count). The summed E-state index contributed by atoms with van der Waals surface area (Å²) < 4.78 is 0. The second-order valence-electron chi connectivity index (χ2n) is 6.03. The van der Waals surface area contributed by atoms with Gasteiger partial charge in [-0.25, -0.2) is 0 Å². The minimum Gasteiger partial charge on any atom is -0.378 e. The van der Waals surface area contributed by atoms with Gasteiger partial charge in [0.15, 0.2) is 0 Å². The number of nitrogens with zero attached hydrogens (tertiary/aromatic N) is 1. The fraction of sp³-hybridized carbons (Fsp3) is 0.444. The Labute approximate surface area is 137 Å². The highest BCUT2D eigenvalue weighted by atomic mass is 35.5. The molecule has 1 aromatic carbocycles. The van der Waals surface area contributed by atoms with Crippen LogP contribution in [0.2, 0.25) is 5.02 Å². The first kappa shape index (κ1) is 18.4. The summed E-state index contributed by atoms with van der Waals surface area (Å²) in [5.74, 6) is 11.4. The molecule has 0 aliphatic carbocycles. The fourth-order valence-corrected chi connectivity index (χ4v) is 1.89. The lowest BCUT2D eigenvalue weighted by Gasteiger charge is -2.21. The van der Waals surface area contributed by atoms with Crippen LogP contribution in [0.1, 0.15) is 27.7 Å². The Hall–Kier alpha value is -1.65. The molecule has 4 heteroatoms. The lowest BCUT2D eigenvalue weighted by molar-refractivity contribution is 0.143. The Morgan fingerprint density at radius 2 is 1.41 bits per heavy atom. The second kappa shape index (κ2) is 7.56. The molecule has 22 heavy (non-hydrogen) atoms. The van der Waals surface area contributed by atoms with Gasteiger partial charge in [-0.15, -0.1) is 0 Å². The fourth-order valence-electron chi connectivity index (χ4n) is 1.64. The monoisotopic (exact) mass is 319 g/mol. The Balaban J connectivity index is 2.97. The summed E-state index contributed by atoms with van der Waals surface area (Å²) in [6.07, 6.45) is 0. The van der Waals surface area contributed by atoms with Crippen molar-refractivity contribution in [3.05, 3.63) is 29.3 Å². The number of anilines is 1. The average Bonchev–Trinajstić information content (AvgIpc) is 2.35. The quantitative estimate of drug-likeness (QED) is 0.842. The summed E-state index contributed by atoms with van der Waals surface area (Å²) in [7, 11) is 0. The van der Waals surface area contributed by atoms with E-state index in [1.807, 2.05) is 23.1 Å². The molecule has 0 amide bonds.